The molecule has 0 amide bonds. The lowest BCUT2D eigenvalue weighted by atomic mass is 10.1. The van der Waals surface area contributed by atoms with Gasteiger partial charge in [-0.3, -0.25) is 10.1 Å². The molecule has 0 saturated heterocycles. The Hall–Kier alpha value is -2.50. The average molecular weight is 312 g/mol. The lowest BCUT2D eigenvalue weighted by Crippen LogP contribution is -2.21. The van der Waals surface area contributed by atoms with E-state index in [0.29, 0.717) is 18.7 Å². The molecule has 23 heavy (non-hydrogen) atoms. The standard InChI is InChI=1S/C18H20N2O3/c1-14-6-4-8-16(12-14)18(21)13-19-11-5-9-15-7-2-3-10-17(15)20(22)23/h2-10,12,18-19,21H,11,13H2,1H3/b9-5+. The summed E-state index contributed by atoms with van der Waals surface area (Å²) in [5.41, 5.74) is 2.64. The van der Waals surface area contributed by atoms with E-state index in [1.54, 1.807) is 24.3 Å². The summed E-state index contributed by atoms with van der Waals surface area (Å²) in [6.07, 6.45) is 2.95. The lowest BCUT2D eigenvalue weighted by molar-refractivity contribution is -0.385. The molecule has 0 spiro atoms. The van der Waals surface area contributed by atoms with Gasteiger partial charge in [0.25, 0.3) is 5.69 Å². The highest BCUT2D eigenvalue weighted by molar-refractivity contribution is 5.60. The minimum Gasteiger partial charge on any atom is -0.387 e. The Kier molecular flexibility index (Phi) is 6.02. The largest absolute Gasteiger partial charge is 0.387 e. The summed E-state index contributed by atoms with van der Waals surface area (Å²) < 4.78 is 0. The molecule has 0 saturated carbocycles. The zero-order valence-electron chi connectivity index (χ0n) is 13.0. The highest BCUT2D eigenvalue weighted by Gasteiger charge is 2.09. The average Bonchev–Trinajstić information content (AvgIpc) is 2.54. The Morgan fingerprint density at radius 3 is 2.78 bits per heavy atom. The second-order valence-electron chi connectivity index (χ2n) is 5.31. The van der Waals surface area contributed by atoms with Crippen LogP contribution in [-0.2, 0) is 0 Å². The molecule has 0 aromatic heterocycles. The van der Waals surface area contributed by atoms with E-state index in [0.717, 1.165) is 11.1 Å². The minimum absolute atomic E-state index is 0.0866. The molecule has 2 N–H and O–H groups in total. The zero-order chi connectivity index (χ0) is 16.7. The zero-order valence-corrected chi connectivity index (χ0v) is 13.0. The number of nitrogens with one attached hydrogen (secondary N) is 1. The molecule has 2 rings (SSSR count). The van der Waals surface area contributed by atoms with E-state index in [9.17, 15) is 15.2 Å². The number of hydrogen-bond acceptors (Lipinski definition) is 4. The fourth-order valence-electron chi connectivity index (χ4n) is 2.28. The molecule has 5 heteroatoms. The Bertz CT molecular complexity index is 698. The quantitative estimate of drug-likeness (QED) is 0.467. The molecule has 5 nitrogen and oxygen atoms in total. The number of aliphatic hydroxyl groups is 1. The van der Waals surface area contributed by atoms with Crippen LogP contribution in [0.3, 0.4) is 0 Å². The normalized spacial score (nSPS) is 12.4. The lowest BCUT2D eigenvalue weighted by Gasteiger charge is -2.11. The predicted molar refractivity (Wildman–Crippen MR) is 91.1 cm³/mol. The Morgan fingerprint density at radius 1 is 1.26 bits per heavy atom. The first kappa shape index (κ1) is 16.9. The van der Waals surface area contributed by atoms with Gasteiger partial charge in [-0.2, -0.15) is 0 Å². The van der Waals surface area contributed by atoms with Crippen molar-refractivity contribution in [2.75, 3.05) is 13.1 Å². The SMILES string of the molecule is Cc1cccc(C(O)CNC/C=C/c2ccccc2[N+](=O)[O-])c1. The summed E-state index contributed by atoms with van der Waals surface area (Å²) >= 11 is 0. The Morgan fingerprint density at radius 2 is 2.04 bits per heavy atom. The number of nitro benzene ring substituents is 1. The van der Waals surface area contributed by atoms with Crippen molar-refractivity contribution in [1.29, 1.82) is 0 Å². The van der Waals surface area contributed by atoms with Crippen LogP contribution in [-0.4, -0.2) is 23.1 Å². The summed E-state index contributed by atoms with van der Waals surface area (Å²) in [5, 5.41) is 24.1. The van der Waals surface area contributed by atoms with Crippen molar-refractivity contribution in [1.82, 2.24) is 5.32 Å². The van der Waals surface area contributed by atoms with Gasteiger partial charge in [-0.1, -0.05) is 54.1 Å². The molecule has 0 heterocycles. The number of nitrogens with zero attached hydrogens (tertiary/aromatic N) is 1. The number of aryl methyl sites for hydroxylation is 1. The fraction of sp³-hybridized carbons (Fsp3) is 0.222. The monoisotopic (exact) mass is 312 g/mol. The van der Waals surface area contributed by atoms with E-state index >= 15 is 0 Å². The third-order valence-electron chi connectivity index (χ3n) is 3.46. The van der Waals surface area contributed by atoms with Crippen LogP contribution in [0.25, 0.3) is 6.08 Å². The van der Waals surface area contributed by atoms with Gasteiger partial charge in [0.1, 0.15) is 0 Å². The van der Waals surface area contributed by atoms with Gasteiger partial charge in [0.05, 0.1) is 16.6 Å². The summed E-state index contributed by atoms with van der Waals surface area (Å²) in [6, 6.07) is 14.3. The number of rotatable bonds is 7. The van der Waals surface area contributed by atoms with E-state index in [1.807, 2.05) is 37.3 Å². The molecule has 2 aromatic rings. The number of aliphatic hydroxyl groups excluding tert-OH is 1. The molecule has 0 fully saturated rings. The second-order valence-corrected chi connectivity index (χ2v) is 5.31. The van der Waals surface area contributed by atoms with Crippen molar-refractivity contribution >= 4 is 11.8 Å². The van der Waals surface area contributed by atoms with Gasteiger partial charge in [-0.05, 0) is 18.6 Å². The smallest absolute Gasteiger partial charge is 0.276 e. The van der Waals surface area contributed by atoms with Gasteiger partial charge in [0, 0.05) is 19.2 Å². The molecule has 1 atom stereocenters. The van der Waals surface area contributed by atoms with Crippen LogP contribution in [0.15, 0.2) is 54.6 Å². The molecule has 0 bridgehead atoms. The van der Waals surface area contributed by atoms with E-state index in [-0.39, 0.29) is 5.69 Å². The summed E-state index contributed by atoms with van der Waals surface area (Å²) in [7, 11) is 0. The highest BCUT2D eigenvalue weighted by atomic mass is 16.6. The molecular weight excluding hydrogens is 292 g/mol. The molecule has 0 aliphatic rings. The van der Waals surface area contributed by atoms with Crippen LogP contribution in [0.5, 0.6) is 0 Å². The summed E-state index contributed by atoms with van der Waals surface area (Å²) in [6.45, 7) is 2.93. The van der Waals surface area contributed by atoms with Gasteiger partial charge >= 0.3 is 0 Å². The van der Waals surface area contributed by atoms with Crippen LogP contribution >= 0.6 is 0 Å². The van der Waals surface area contributed by atoms with E-state index in [4.69, 9.17) is 0 Å². The second kappa shape index (κ2) is 8.22. The van der Waals surface area contributed by atoms with E-state index in [2.05, 4.69) is 5.32 Å². The van der Waals surface area contributed by atoms with Gasteiger partial charge in [-0.25, -0.2) is 0 Å². The number of benzene rings is 2. The molecular formula is C18H20N2O3. The molecule has 0 aliphatic heterocycles. The highest BCUT2D eigenvalue weighted by Crippen LogP contribution is 2.18. The maximum absolute atomic E-state index is 10.9. The fourth-order valence-corrected chi connectivity index (χ4v) is 2.28. The van der Waals surface area contributed by atoms with E-state index in [1.165, 1.54) is 6.07 Å². The maximum Gasteiger partial charge on any atom is 0.276 e. The number of nitro groups is 1. The molecule has 2 aromatic carbocycles. The van der Waals surface area contributed by atoms with E-state index < -0.39 is 11.0 Å². The van der Waals surface area contributed by atoms with Crippen LogP contribution < -0.4 is 5.32 Å². The Balaban J connectivity index is 1.85. The first-order valence-electron chi connectivity index (χ1n) is 7.43. The molecule has 0 radical (unpaired) electrons. The van der Waals surface area contributed by atoms with Crippen molar-refractivity contribution in [2.24, 2.45) is 0 Å². The van der Waals surface area contributed by atoms with Crippen molar-refractivity contribution in [3.63, 3.8) is 0 Å². The van der Waals surface area contributed by atoms with Crippen molar-refractivity contribution in [3.05, 3.63) is 81.4 Å². The third-order valence-corrected chi connectivity index (χ3v) is 3.46. The van der Waals surface area contributed by atoms with Crippen LogP contribution in [0, 0.1) is 17.0 Å². The maximum atomic E-state index is 10.9. The van der Waals surface area contributed by atoms with Gasteiger partial charge < -0.3 is 10.4 Å². The van der Waals surface area contributed by atoms with Crippen LogP contribution in [0.4, 0.5) is 5.69 Å². The molecule has 1 unspecified atom stereocenters. The van der Waals surface area contributed by atoms with Gasteiger partial charge in [0.15, 0.2) is 0 Å². The van der Waals surface area contributed by atoms with Crippen molar-refractivity contribution in [3.8, 4) is 0 Å². The summed E-state index contributed by atoms with van der Waals surface area (Å²) in [4.78, 5) is 10.5. The first-order valence-corrected chi connectivity index (χ1v) is 7.43. The molecule has 0 aliphatic carbocycles. The first-order chi connectivity index (χ1) is 11.1. The van der Waals surface area contributed by atoms with Crippen molar-refractivity contribution < 1.29 is 10.0 Å². The molecule has 120 valence electrons. The van der Waals surface area contributed by atoms with Gasteiger partial charge in [-0.15, -0.1) is 0 Å². The number of hydrogen-bond donors (Lipinski definition) is 2. The van der Waals surface area contributed by atoms with Crippen molar-refractivity contribution in [2.45, 2.75) is 13.0 Å². The van der Waals surface area contributed by atoms with Crippen LogP contribution in [0.2, 0.25) is 0 Å². The number of para-hydroxylation sites is 1. The third kappa shape index (κ3) is 5.02. The topological polar surface area (TPSA) is 75.4 Å². The Labute approximate surface area is 135 Å². The minimum atomic E-state index is -0.575. The van der Waals surface area contributed by atoms with Crippen LogP contribution in [0.1, 0.15) is 22.8 Å². The predicted octanol–water partition coefficient (Wildman–Crippen LogP) is 3.24. The summed E-state index contributed by atoms with van der Waals surface area (Å²) in [5.74, 6) is 0. The van der Waals surface area contributed by atoms with Gasteiger partial charge in [0.2, 0.25) is 0 Å².